The normalized spacial score (nSPS) is 27.2. The van der Waals surface area contributed by atoms with E-state index in [1.54, 1.807) is 79.9 Å². The van der Waals surface area contributed by atoms with Crippen molar-refractivity contribution in [3.8, 4) is 5.75 Å². The number of rotatable bonds is 19. The molecule has 0 spiro atoms. The molecule has 0 radical (unpaired) electrons. The van der Waals surface area contributed by atoms with E-state index in [0.29, 0.717) is 58.1 Å². The predicted octanol–water partition coefficient (Wildman–Crippen LogP) is 22.7. The van der Waals surface area contributed by atoms with Gasteiger partial charge in [-0.05, 0) is 163 Å². The minimum absolute atomic E-state index is 0.0638. The molecule has 0 bridgehead atoms. The van der Waals surface area contributed by atoms with Crippen LogP contribution in [0.25, 0.3) is 0 Å². The monoisotopic (exact) mass is 1610 g/mol. The highest BCUT2D eigenvalue weighted by Crippen LogP contribution is 2.64. The largest absolute Gasteiger partial charge is 0.496 e. The number of para-hydroxylation sites is 1. The average molecular weight is 1610 g/mol. The smallest absolute Gasteiger partial charge is 0.310 e. The van der Waals surface area contributed by atoms with Crippen LogP contribution in [0.1, 0.15) is 186 Å². The Morgan fingerprint density at radius 3 is 0.910 bits per heavy atom. The van der Waals surface area contributed by atoms with E-state index in [9.17, 15) is 44.1 Å². The van der Waals surface area contributed by atoms with Crippen molar-refractivity contribution in [2.75, 3.05) is 7.11 Å². The number of halogens is 6. The lowest BCUT2D eigenvalue weighted by Gasteiger charge is -2.50. The number of aryl methyl sites for hydroxylation is 1. The van der Waals surface area contributed by atoms with Gasteiger partial charge in [0.1, 0.15) is 24.1 Å². The van der Waals surface area contributed by atoms with Gasteiger partial charge in [0.2, 0.25) is 0 Å². The third-order valence-corrected chi connectivity index (χ3v) is 26.2. The van der Waals surface area contributed by atoms with Crippen molar-refractivity contribution in [3.63, 3.8) is 0 Å². The van der Waals surface area contributed by atoms with Crippen LogP contribution >= 0.6 is 69.6 Å². The summed E-state index contributed by atoms with van der Waals surface area (Å²) < 4.78 is 24.4. The van der Waals surface area contributed by atoms with Crippen molar-refractivity contribution < 1.29 is 63.0 Å². The molecule has 3 N–H and O–H groups in total. The van der Waals surface area contributed by atoms with Gasteiger partial charge in [-0.1, -0.05) is 271 Å². The van der Waals surface area contributed by atoms with Gasteiger partial charge in [-0.3, -0.25) is 28.8 Å². The zero-order valence-electron chi connectivity index (χ0n) is 61.4. The van der Waals surface area contributed by atoms with Crippen LogP contribution in [0.15, 0.2) is 224 Å². The summed E-state index contributed by atoms with van der Waals surface area (Å²) in [6.07, 6.45) is 10.6. The molecular weight excluding hydrogens is 1530 g/mol. The molecule has 19 heteroatoms. The van der Waals surface area contributed by atoms with Gasteiger partial charge >= 0.3 is 35.8 Å². The summed E-state index contributed by atoms with van der Waals surface area (Å²) in [7, 11) is 1.58. The number of carbonyl (C=O) groups excluding carboxylic acids is 3. The van der Waals surface area contributed by atoms with E-state index >= 15 is 0 Å². The first-order valence-electron chi connectivity index (χ1n) is 38.3. The third kappa shape index (κ3) is 17.0. The zero-order valence-corrected chi connectivity index (χ0v) is 66.0. The highest BCUT2D eigenvalue weighted by molar-refractivity contribution is 6.37. The summed E-state index contributed by atoms with van der Waals surface area (Å²) in [5.41, 5.74) is 8.25. The lowest BCUT2D eigenvalue weighted by molar-refractivity contribution is -0.171. The molecule has 111 heavy (non-hydrogen) atoms. The molecule has 0 amide bonds. The molecule has 0 aliphatic heterocycles. The first kappa shape index (κ1) is 80.4. The molecule has 0 heterocycles. The van der Waals surface area contributed by atoms with Crippen LogP contribution < -0.4 is 4.74 Å². The predicted molar refractivity (Wildman–Crippen MR) is 433 cm³/mol. The maximum Gasteiger partial charge on any atom is 0.310 e. The van der Waals surface area contributed by atoms with Gasteiger partial charge in [0.15, 0.2) is 0 Å². The Labute approximate surface area is 677 Å². The number of hydrogen-bond donors (Lipinski definition) is 3. The standard InChI is InChI=1S/C32H34O5.C30H26Cl4O4.C30H28Cl2O4/c1-20-12-6-7-15-22(20)27-29(31(33)34)28(24-17-9-10-18-25(24)36-2)30(27)32(35)37-26-19-11-8-16-23(26)21-13-4-3-5-14-21;31-18-11-6-12-19(32)23(18)25-27(29(35)36)26(24-20(33)13-7-14-21(24)34)28(25)30(37)38-22-15-5-4-10-17(22)16-8-2-1-3-9-16;31-22-15-7-4-13-20(22)25-27(29(33)34)26(21-14-5-8-16-23(21)32)28(25)30(35)36-24-17-9-6-12-19(24)18-10-2-1-3-11-18/h3-7,9-10,12-15,17-18,23,26-30H,8,11,16,19H2,1-2H3,(H,33,34);1-3,6-9,11-14,17,22,25-28H,4-5,10,15H2,(H,35,36);1-5,7-8,10-11,13-16,19,24-28H,6,9,12,17H2,(H,33,34)/t23-,26?,27-,28-,29+,30+;17-,22?,25-,26-,27?,28?;19-,24?,25-,26-,27?,28?/m000/s1. The Morgan fingerprint density at radius 2 is 0.568 bits per heavy atom. The van der Waals surface area contributed by atoms with Gasteiger partial charge in [-0.25, -0.2) is 0 Å². The van der Waals surface area contributed by atoms with Crippen LogP contribution in [0, 0.1) is 42.4 Å². The van der Waals surface area contributed by atoms with Gasteiger partial charge in [-0.2, -0.15) is 0 Å². The molecule has 9 aromatic rings. The van der Waals surface area contributed by atoms with Crippen LogP contribution in [-0.4, -0.2) is 76.6 Å². The van der Waals surface area contributed by atoms with Crippen molar-refractivity contribution >= 4 is 105 Å². The molecule has 6 fully saturated rings. The fourth-order valence-electron chi connectivity index (χ4n) is 19.0. The SMILES string of the molecule is COc1ccccc1[C@H]1[C@H](C(=O)O)[C@H](c2ccccc2C)[C@H]1C(=O)OC1CCCC[C@H]1c1ccccc1.O=C(O)C1[C@H](c2c(Cl)cccc2Cl)C(C(=O)OC2CCCC[C@H]2c2ccccc2)[C@H]1c1c(Cl)cccc1Cl.O=C(O)C1[C@H](c2ccccc2Cl)C(C(=O)OC2CCCC[C@H]2c2ccccc2)[C@H]1c1ccccc1Cl. The molecule has 13 nitrogen and oxygen atoms in total. The van der Waals surface area contributed by atoms with Crippen LogP contribution in [0.2, 0.25) is 30.1 Å². The number of aliphatic carboxylic acids is 3. The second kappa shape index (κ2) is 36.4. The van der Waals surface area contributed by atoms with E-state index < -0.39 is 94.9 Å². The third-order valence-electron chi connectivity index (χ3n) is 24.1. The molecule has 6 aliphatic carbocycles. The highest BCUT2D eigenvalue weighted by atomic mass is 35.5. The number of esters is 3. The number of hydrogen-bond acceptors (Lipinski definition) is 10. The minimum Gasteiger partial charge on any atom is -0.496 e. The second-order valence-electron chi connectivity index (χ2n) is 30.1. The number of carbonyl (C=O) groups is 6. The summed E-state index contributed by atoms with van der Waals surface area (Å²) in [4.78, 5) is 79.9. The quantitative estimate of drug-likeness (QED) is 0.0511. The summed E-state index contributed by atoms with van der Waals surface area (Å²) in [6, 6.07) is 69.9. The number of carboxylic acid groups (broad SMARTS) is 3. The molecule has 14 atom stereocenters. The molecule has 0 aromatic heterocycles. The van der Waals surface area contributed by atoms with Crippen molar-refractivity contribution in [2.45, 2.75) is 156 Å². The van der Waals surface area contributed by atoms with Crippen molar-refractivity contribution in [1.82, 2.24) is 0 Å². The first-order valence-corrected chi connectivity index (χ1v) is 40.5. The maximum atomic E-state index is 14.1. The van der Waals surface area contributed by atoms with Gasteiger partial charge < -0.3 is 34.3 Å². The summed E-state index contributed by atoms with van der Waals surface area (Å²) in [5, 5.41) is 33.1. The van der Waals surface area contributed by atoms with E-state index in [-0.39, 0.29) is 48.0 Å². The van der Waals surface area contributed by atoms with E-state index in [1.807, 2.05) is 122 Å². The summed E-state index contributed by atoms with van der Waals surface area (Å²) >= 11 is 39.2. The number of methoxy groups -OCH3 is 1. The van der Waals surface area contributed by atoms with E-state index in [0.717, 1.165) is 105 Å². The molecule has 9 aromatic carbocycles. The lowest BCUT2D eigenvalue weighted by atomic mass is 9.52. The Bertz CT molecular complexity index is 4640. The zero-order chi connectivity index (χ0) is 78.1. The molecule has 6 aliphatic rings. The second-order valence-corrected chi connectivity index (χ2v) is 32.5. The minimum atomic E-state index is -1.09. The maximum absolute atomic E-state index is 14.1. The topological polar surface area (TPSA) is 200 Å². The highest BCUT2D eigenvalue weighted by Gasteiger charge is 2.64. The fraction of sp³-hybridized carbons (Fsp3) is 0.348. The Hall–Kier alpha value is -8.66. The molecule has 0 saturated heterocycles. The molecule has 6 saturated carbocycles. The number of ether oxygens (including phenoxy) is 4. The first-order chi connectivity index (χ1) is 53.8. The van der Waals surface area contributed by atoms with Gasteiger partial charge in [0.25, 0.3) is 0 Å². The Balaban J connectivity index is 0.000000146. The summed E-state index contributed by atoms with van der Waals surface area (Å²) in [6.45, 7) is 1.97. The van der Waals surface area contributed by atoms with Crippen molar-refractivity contribution in [1.29, 1.82) is 0 Å². The van der Waals surface area contributed by atoms with Crippen LogP contribution in [0.4, 0.5) is 0 Å². The van der Waals surface area contributed by atoms with Gasteiger partial charge in [-0.15, -0.1) is 0 Å². The number of benzene rings is 9. The number of carboxylic acids is 3. The molecular formula is C92H88Cl6O13. The Kier molecular flexibility index (Phi) is 26.4. The van der Waals surface area contributed by atoms with Crippen molar-refractivity contribution in [3.05, 3.63) is 310 Å². The molecule has 3 unspecified atom stereocenters. The molecule has 15 rings (SSSR count). The molecule has 576 valence electrons. The van der Waals surface area contributed by atoms with Gasteiger partial charge in [0, 0.05) is 83.4 Å². The van der Waals surface area contributed by atoms with E-state index in [4.69, 9.17) is 88.6 Å². The Morgan fingerprint density at radius 1 is 0.297 bits per heavy atom. The van der Waals surface area contributed by atoms with Crippen LogP contribution in [0.3, 0.4) is 0 Å². The lowest BCUT2D eigenvalue weighted by Crippen LogP contribution is -2.52. The average Bonchev–Trinajstić information content (AvgIpc) is 0.726. The van der Waals surface area contributed by atoms with Crippen LogP contribution in [-0.2, 0) is 43.0 Å². The summed E-state index contributed by atoms with van der Waals surface area (Å²) in [5.74, 6) is -11.9. The van der Waals surface area contributed by atoms with E-state index in [2.05, 4.69) is 36.4 Å². The van der Waals surface area contributed by atoms with Gasteiger partial charge in [0.05, 0.1) is 42.6 Å². The van der Waals surface area contributed by atoms with Crippen LogP contribution in [0.5, 0.6) is 5.75 Å². The van der Waals surface area contributed by atoms with Crippen molar-refractivity contribution in [2.24, 2.45) is 35.5 Å². The fourth-order valence-corrected chi connectivity index (χ4v) is 20.8. The van der Waals surface area contributed by atoms with E-state index in [1.165, 1.54) is 5.56 Å².